The number of fused-ring (bicyclic) bond motifs is 12. The second-order valence-electron chi connectivity index (χ2n) is 8.25. The maximum absolute atomic E-state index is 5.16. The Balaban J connectivity index is 1.74. The topological polar surface area (TPSA) is 70.4 Å². The molecule has 9 nitrogen and oxygen atoms in total. The predicted molar refractivity (Wildman–Crippen MR) is 143 cm³/mol. The Morgan fingerprint density at radius 1 is 0.571 bits per heavy atom. The van der Waals surface area contributed by atoms with Crippen LogP contribution in [0.5, 0.6) is 0 Å². The third-order valence-electron chi connectivity index (χ3n) is 6.24. The zero-order valence-electron chi connectivity index (χ0n) is 18.2. The number of anilines is 3. The maximum atomic E-state index is 5.16. The molecule has 0 atom stereocenters. The molecule has 1 N–H and O–H groups in total. The van der Waals surface area contributed by atoms with Crippen molar-refractivity contribution in [1.29, 1.82) is 0 Å². The van der Waals surface area contributed by atoms with Crippen LogP contribution in [0.4, 0.5) is 17.1 Å². The Labute approximate surface area is 280 Å². The molecule has 4 heterocycles. The van der Waals surface area contributed by atoms with Crippen LogP contribution in [0.2, 0.25) is 0 Å². The van der Waals surface area contributed by atoms with Gasteiger partial charge in [-0.15, -0.1) is 0 Å². The molecule has 0 bridgehead atoms. The molecule has 0 aliphatic rings. The van der Waals surface area contributed by atoms with Gasteiger partial charge in [-0.3, -0.25) is 0 Å². The first-order chi connectivity index (χ1) is 16.9. The minimum absolute atomic E-state index is 0.680. The van der Waals surface area contributed by atoms with Crippen LogP contribution in [0.3, 0.4) is 0 Å². The Bertz CT molecular complexity index is 1960. The fraction of sp³-hybridized carbons (Fsp3) is 0. The van der Waals surface area contributed by atoms with Crippen LogP contribution in [-0.4, -0.2) is 158 Å². The van der Waals surface area contributed by atoms with E-state index in [4.69, 9.17) is 15.0 Å². The average molecular weight is 1410 g/mol. The summed E-state index contributed by atoms with van der Waals surface area (Å²) in [7, 11) is 0. The van der Waals surface area contributed by atoms with E-state index in [1.54, 1.807) is 0 Å². The number of imidazole rings is 3. The molecule has 14 heteroatoms. The van der Waals surface area contributed by atoms with Crippen molar-refractivity contribution in [2.75, 3.05) is 4.16 Å². The zero-order valence-corrected chi connectivity index (χ0v) is 40.6. The van der Waals surface area contributed by atoms with Crippen LogP contribution in [0.25, 0.3) is 50.4 Å². The Kier molecular flexibility index (Phi) is 6.27. The van der Waals surface area contributed by atoms with E-state index in [0.717, 1.165) is 160 Å². The molecule has 35 heavy (non-hydrogen) atoms. The molecule has 154 valence electrons. The number of aromatic nitrogens is 6. The summed E-state index contributed by atoms with van der Waals surface area (Å²) in [5.74, 6) is 2.54. The predicted octanol–water partition coefficient (Wildman–Crippen LogP) is 1.53. The van der Waals surface area contributed by atoms with Crippen LogP contribution >= 0.6 is 0 Å². The molecule has 7 aromatic rings. The standard InChI is InChI=1S/C21H10N9.5Tl/c22-10-1-4-16-13(7-10)25-19-28(16)20-26-14-8-11(23)2-5-17(14)30(20)21-27-15-9-12(24)3-6-18(15)29(19)21;;;;;/h1-9,22H;;;;;/q-1;;;;;+1. The number of rotatable bonds is 3. The molecule has 0 radical (unpaired) electrons. The Hall–Kier alpha value is 0.0804. The number of nitrogens with one attached hydrogen (secondary N) is 1. The number of hydrogen-bond donors (Lipinski definition) is 1. The first-order valence-corrected chi connectivity index (χ1v) is 20.9. The molecular weight excluding hydrogens is 1400 g/mol. The third-order valence-corrected chi connectivity index (χ3v) is 12.2. The summed E-state index contributed by atoms with van der Waals surface area (Å²) in [6.45, 7) is 0. The molecule has 0 unspecified atom stereocenters. The van der Waals surface area contributed by atoms with Gasteiger partial charge in [0.2, 0.25) is 0 Å². The molecule has 0 aliphatic carbocycles. The van der Waals surface area contributed by atoms with Gasteiger partial charge in [-0.05, 0) is 0 Å². The van der Waals surface area contributed by atoms with Crippen molar-refractivity contribution in [3.63, 3.8) is 0 Å². The Morgan fingerprint density at radius 2 is 0.971 bits per heavy atom. The van der Waals surface area contributed by atoms with E-state index in [1.807, 2.05) is 0 Å². The van der Waals surface area contributed by atoms with Crippen molar-refractivity contribution in [3.8, 4) is 0 Å². The SMILES string of the molecule is [Tl][NH]c1ccc2c(c1)nc1n2c2nc3cc([N]([Tl])[Tl])ccc3n2c2nc3cc([N]([Tl])[Tl])ccc3n12. The summed E-state index contributed by atoms with van der Waals surface area (Å²) in [6.07, 6.45) is 0. The van der Waals surface area contributed by atoms with Crippen LogP contribution in [0.1, 0.15) is 0 Å². The first-order valence-electron chi connectivity index (χ1n) is 10.6. The van der Waals surface area contributed by atoms with Crippen LogP contribution in [0, 0.1) is 0 Å². The van der Waals surface area contributed by atoms with Crippen molar-refractivity contribution < 1.29 is 0 Å². The molecule has 0 saturated carbocycles. The normalized spacial score (nSPS) is 11.9. The second kappa shape index (κ2) is 9.08. The van der Waals surface area contributed by atoms with E-state index in [1.165, 1.54) is 11.4 Å². The minimum atomic E-state index is 0.680. The summed E-state index contributed by atoms with van der Waals surface area (Å²) in [6, 6.07) is 19.7. The fourth-order valence-corrected chi connectivity index (χ4v) is 7.83. The van der Waals surface area contributed by atoms with Crippen molar-refractivity contribution in [2.24, 2.45) is 0 Å². The van der Waals surface area contributed by atoms with Crippen LogP contribution in [-0.2, 0) is 0 Å². The molecule has 0 spiro atoms. The second-order valence-corrected chi connectivity index (χ2v) is 36.0. The van der Waals surface area contributed by atoms with Gasteiger partial charge >= 0.3 is 285 Å². The van der Waals surface area contributed by atoms with E-state index in [-0.39, 0.29) is 0 Å². The van der Waals surface area contributed by atoms with E-state index in [0.29, 0.717) is 26.1 Å². The number of nitrogens with zero attached hydrogens (tertiary/aromatic N) is 8. The fourth-order valence-electron chi connectivity index (χ4n) is 4.63. The molecule has 3 aromatic carbocycles. The zero-order chi connectivity index (χ0) is 24.0. The van der Waals surface area contributed by atoms with E-state index in [2.05, 4.69) is 72.0 Å². The molecule has 0 saturated heterocycles. The molecule has 0 amide bonds. The van der Waals surface area contributed by atoms with Gasteiger partial charge in [0.05, 0.1) is 0 Å². The van der Waals surface area contributed by atoms with Crippen LogP contribution in [0.15, 0.2) is 54.6 Å². The van der Waals surface area contributed by atoms with Gasteiger partial charge < -0.3 is 0 Å². The molecular formula is C21H10N9Tl5. The van der Waals surface area contributed by atoms with Crippen molar-refractivity contribution >= 4 is 198 Å². The summed E-state index contributed by atoms with van der Waals surface area (Å²) in [5, 5.41) is 0. The number of benzene rings is 3. The summed E-state index contributed by atoms with van der Waals surface area (Å²) < 4.78 is 14.9. The van der Waals surface area contributed by atoms with Crippen LogP contribution < -0.4 is 4.16 Å². The van der Waals surface area contributed by atoms with Gasteiger partial charge in [0.1, 0.15) is 0 Å². The van der Waals surface area contributed by atoms with E-state index >= 15 is 0 Å². The number of hydrogen-bond acceptors (Lipinski definition) is 6. The first kappa shape index (κ1) is 24.1. The van der Waals surface area contributed by atoms with Crippen molar-refractivity contribution in [2.45, 2.75) is 0 Å². The third kappa shape index (κ3) is 3.72. The quantitative estimate of drug-likeness (QED) is 0.272. The van der Waals surface area contributed by atoms with Crippen molar-refractivity contribution in [1.82, 2.24) is 28.2 Å². The van der Waals surface area contributed by atoms with E-state index < -0.39 is 0 Å². The molecule has 0 aliphatic heterocycles. The van der Waals surface area contributed by atoms with Gasteiger partial charge in [0.15, 0.2) is 0 Å². The molecule has 7 rings (SSSR count). The summed E-state index contributed by atoms with van der Waals surface area (Å²) >= 11 is 3.89. The van der Waals surface area contributed by atoms with Gasteiger partial charge in [0, 0.05) is 0 Å². The van der Waals surface area contributed by atoms with Gasteiger partial charge in [-0.2, -0.15) is 0 Å². The molecule has 4 aromatic heterocycles. The van der Waals surface area contributed by atoms with Crippen molar-refractivity contribution in [3.05, 3.63) is 54.6 Å². The summed E-state index contributed by atoms with van der Waals surface area (Å²) in [4.78, 5) is 15.4. The Morgan fingerprint density at radius 3 is 1.37 bits per heavy atom. The van der Waals surface area contributed by atoms with Gasteiger partial charge in [0.25, 0.3) is 0 Å². The van der Waals surface area contributed by atoms with Gasteiger partial charge in [-0.1, -0.05) is 0 Å². The monoisotopic (exact) mass is 1410 g/mol. The van der Waals surface area contributed by atoms with E-state index in [9.17, 15) is 0 Å². The summed E-state index contributed by atoms with van der Waals surface area (Å²) in [5.41, 5.74) is 9.76. The van der Waals surface area contributed by atoms with Gasteiger partial charge in [-0.25, -0.2) is 0 Å². The molecule has 0 fully saturated rings. The average Bonchev–Trinajstić information content (AvgIpc) is 3.52.